The van der Waals surface area contributed by atoms with Gasteiger partial charge in [0.25, 0.3) is 0 Å². The minimum atomic E-state index is 0.695. The van der Waals surface area contributed by atoms with E-state index in [1.54, 1.807) is 11.9 Å². The molecule has 0 amide bonds. The fraction of sp³-hybridized carbons (Fsp3) is 1.00. The minimum absolute atomic E-state index is 0.695. The van der Waals surface area contributed by atoms with Crippen LogP contribution in [0.2, 0.25) is 0 Å². The molecule has 1 N–H and O–H groups in total. The van der Waals surface area contributed by atoms with Crippen LogP contribution in [0.25, 0.3) is 0 Å². The summed E-state index contributed by atoms with van der Waals surface area (Å²) >= 11 is 1.75. The fourth-order valence-corrected chi connectivity index (χ4v) is 2.81. The van der Waals surface area contributed by atoms with Crippen LogP contribution in [0.1, 0.15) is 51.9 Å². The summed E-state index contributed by atoms with van der Waals surface area (Å²) in [5, 5.41) is 0. The van der Waals surface area contributed by atoms with Crippen LogP contribution >= 0.6 is 11.9 Å². The predicted octanol–water partition coefficient (Wildman–Crippen LogP) is 3.60. The van der Waals surface area contributed by atoms with E-state index in [0.717, 1.165) is 0 Å². The maximum atomic E-state index is 3.37. The molecule has 1 saturated carbocycles. The average Bonchev–Trinajstić information content (AvgIpc) is 2.20. The molecule has 1 nitrogen and oxygen atoms in total. The van der Waals surface area contributed by atoms with Gasteiger partial charge < -0.3 is 0 Å². The number of rotatable bonds is 5. The van der Waals surface area contributed by atoms with Crippen molar-refractivity contribution in [2.45, 2.75) is 51.9 Å². The van der Waals surface area contributed by atoms with Crippen molar-refractivity contribution in [2.75, 3.05) is 12.8 Å². The summed E-state index contributed by atoms with van der Waals surface area (Å²) in [6.45, 7) is 3.55. The summed E-state index contributed by atoms with van der Waals surface area (Å²) in [6.07, 6.45) is 12.2. The first kappa shape index (κ1) is 11.4. The van der Waals surface area contributed by atoms with Crippen molar-refractivity contribution in [2.24, 2.45) is 5.41 Å². The SMILES string of the molecule is CCC1(CCNSC)CCCCC1. The van der Waals surface area contributed by atoms with Gasteiger partial charge in [-0.1, -0.05) is 44.6 Å². The van der Waals surface area contributed by atoms with E-state index >= 15 is 0 Å². The molecule has 0 aromatic rings. The zero-order chi connectivity index (χ0) is 9.57. The van der Waals surface area contributed by atoms with Gasteiger partial charge in [-0.15, -0.1) is 0 Å². The number of nitrogens with one attached hydrogen (secondary N) is 1. The van der Waals surface area contributed by atoms with Gasteiger partial charge >= 0.3 is 0 Å². The normalized spacial score (nSPS) is 21.7. The van der Waals surface area contributed by atoms with Gasteiger partial charge in [-0.25, -0.2) is 0 Å². The van der Waals surface area contributed by atoms with Crippen molar-refractivity contribution in [3.63, 3.8) is 0 Å². The molecule has 1 aliphatic carbocycles. The molecule has 13 heavy (non-hydrogen) atoms. The van der Waals surface area contributed by atoms with E-state index in [2.05, 4.69) is 17.9 Å². The van der Waals surface area contributed by atoms with E-state index in [1.165, 1.54) is 51.5 Å². The molecule has 1 fully saturated rings. The summed E-state index contributed by atoms with van der Waals surface area (Å²) in [5.41, 5.74) is 0.695. The van der Waals surface area contributed by atoms with Crippen molar-refractivity contribution in [1.29, 1.82) is 0 Å². The van der Waals surface area contributed by atoms with E-state index in [-0.39, 0.29) is 0 Å². The first-order valence-corrected chi connectivity index (χ1v) is 6.81. The second kappa shape index (κ2) is 5.92. The first-order valence-electron chi connectivity index (χ1n) is 5.59. The molecule has 0 heterocycles. The molecule has 0 radical (unpaired) electrons. The van der Waals surface area contributed by atoms with Gasteiger partial charge in [0.2, 0.25) is 0 Å². The second-order valence-corrected chi connectivity index (χ2v) is 4.96. The molecule has 2 heteroatoms. The van der Waals surface area contributed by atoms with Crippen LogP contribution < -0.4 is 4.72 Å². The average molecular weight is 201 g/mol. The Balaban J connectivity index is 2.29. The van der Waals surface area contributed by atoms with Crippen molar-refractivity contribution >= 4 is 11.9 Å². The molecule has 0 saturated heterocycles. The van der Waals surface area contributed by atoms with Gasteiger partial charge in [0.15, 0.2) is 0 Å². The van der Waals surface area contributed by atoms with Crippen molar-refractivity contribution in [1.82, 2.24) is 4.72 Å². The molecule has 1 aliphatic rings. The lowest BCUT2D eigenvalue weighted by atomic mass is 9.70. The quantitative estimate of drug-likeness (QED) is 0.539. The maximum Gasteiger partial charge on any atom is 0.00636 e. The van der Waals surface area contributed by atoms with Crippen molar-refractivity contribution in [3.05, 3.63) is 0 Å². The minimum Gasteiger partial charge on any atom is -0.264 e. The number of hydrogen-bond donors (Lipinski definition) is 1. The van der Waals surface area contributed by atoms with Gasteiger partial charge in [-0.2, -0.15) is 0 Å². The highest BCUT2D eigenvalue weighted by atomic mass is 32.2. The molecule has 0 aromatic carbocycles. The topological polar surface area (TPSA) is 12.0 Å². The van der Waals surface area contributed by atoms with E-state index in [9.17, 15) is 0 Å². The summed E-state index contributed by atoms with van der Waals surface area (Å²) in [6, 6.07) is 0. The summed E-state index contributed by atoms with van der Waals surface area (Å²) in [7, 11) is 0. The first-order chi connectivity index (χ1) is 6.33. The lowest BCUT2D eigenvalue weighted by Crippen LogP contribution is -2.26. The number of hydrogen-bond acceptors (Lipinski definition) is 2. The molecular weight excluding hydrogens is 178 g/mol. The van der Waals surface area contributed by atoms with Gasteiger partial charge in [-0.3, -0.25) is 4.72 Å². The molecule has 0 spiro atoms. The molecular formula is C11H23NS. The van der Waals surface area contributed by atoms with E-state index in [0.29, 0.717) is 5.41 Å². The zero-order valence-electron chi connectivity index (χ0n) is 9.07. The largest absolute Gasteiger partial charge is 0.264 e. The molecule has 0 aliphatic heterocycles. The molecule has 0 bridgehead atoms. The molecule has 78 valence electrons. The fourth-order valence-electron chi connectivity index (χ4n) is 2.50. The standard InChI is InChI=1S/C11H23NS/c1-3-11(9-10-12-13-2)7-5-4-6-8-11/h12H,3-10H2,1-2H3. The Labute approximate surface area is 87.2 Å². The van der Waals surface area contributed by atoms with Gasteiger partial charge in [0, 0.05) is 6.54 Å². The predicted molar refractivity (Wildman–Crippen MR) is 61.9 cm³/mol. The Morgan fingerprint density at radius 3 is 2.46 bits per heavy atom. The lowest BCUT2D eigenvalue weighted by molar-refractivity contribution is 0.167. The van der Waals surface area contributed by atoms with Crippen LogP contribution in [0.5, 0.6) is 0 Å². The van der Waals surface area contributed by atoms with E-state index in [4.69, 9.17) is 0 Å². The summed E-state index contributed by atoms with van der Waals surface area (Å²) < 4.78 is 3.37. The van der Waals surface area contributed by atoms with Crippen LogP contribution in [0.3, 0.4) is 0 Å². The molecule has 0 unspecified atom stereocenters. The monoisotopic (exact) mass is 201 g/mol. The zero-order valence-corrected chi connectivity index (χ0v) is 9.88. The van der Waals surface area contributed by atoms with Gasteiger partial charge in [0.05, 0.1) is 0 Å². The van der Waals surface area contributed by atoms with Crippen LogP contribution in [-0.2, 0) is 0 Å². The van der Waals surface area contributed by atoms with Gasteiger partial charge in [0.1, 0.15) is 0 Å². The summed E-state index contributed by atoms with van der Waals surface area (Å²) in [5.74, 6) is 0. The van der Waals surface area contributed by atoms with E-state index in [1.807, 2.05) is 0 Å². The van der Waals surface area contributed by atoms with Crippen molar-refractivity contribution < 1.29 is 0 Å². The smallest absolute Gasteiger partial charge is 0.00636 e. The summed E-state index contributed by atoms with van der Waals surface area (Å²) in [4.78, 5) is 0. The Hall–Kier alpha value is 0.310. The van der Waals surface area contributed by atoms with Crippen LogP contribution in [0, 0.1) is 5.41 Å². The molecule has 1 rings (SSSR count). The Morgan fingerprint density at radius 1 is 1.23 bits per heavy atom. The van der Waals surface area contributed by atoms with E-state index < -0.39 is 0 Å². The highest BCUT2D eigenvalue weighted by Gasteiger charge is 2.29. The molecule has 0 aromatic heterocycles. The lowest BCUT2D eigenvalue weighted by Gasteiger charge is -2.36. The Bertz CT molecular complexity index is 130. The van der Waals surface area contributed by atoms with Crippen LogP contribution in [0.15, 0.2) is 0 Å². The van der Waals surface area contributed by atoms with Crippen LogP contribution in [-0.4, -0.2) is 12.8 Å². The third kappa shape index (κ3) is 3.51. The van der Waals surface area contributed by atoms with Gasteiger partial charge in [-0.05, 0) is 30.9 Å². The highest BCUT2D eigenvalue weighted by Crippen LogP contribution is 2.41. The van der Waals surface area contributed by atoms with Crippen molar-refractivity contribution in [3.8, 4) is 0 Å². The highest BCUT2D eigenvalue weighted by molar-refractivity contribution is 7.96. The molecule has 0 atom stereocenters. The maximum absolute atomic E-state index is 3.37. The Morgan fingerprint density at radius 2 is 1.92 bits per heavy atom. The van der Waals surface area contributed by atoms with Crippen LogP contribution in [0.4, 0.5) is 0 Å². The second-order valence-electron chi connectivity index (χ2n) is 4.26. The third-order valence-electron chi connectivity index (χ3n) is 3.57. The Kier molecular flexibility index (Phi) is 5.18. The third-order valence-corrected chi connectivity index (χ3v) is 4.06.